The van der Waals surface area contributed by atoms with Crippen molar-refractivity contribution in [3.63, 3.8) is 0 Å². The minimum atomic E-state index is -0.416. The van der Waals surface area contributed by atoms with E-state index in [2.05, 4.69) is 15.3 Å². The average molecular weight is 317 g/mol. The fourth-order valence-corrected chi connectivity index (χ4v) is 2.40. The van der Waals surface area contributed by atoms with Crippen LogP contribution in [0.3, 0.4) is 0 Å². The number of aromatic nitrogens is 2. The smallest absolute Gasteiger partial charge is 0.293 e. The van der Waals surface area contributed by atoms with Gasteiger partial charge in [0.2, 0.25) is 5.82 Å². The number of nitrogens with zero attached hydrogens (tertiary/aromatic N) is 2. The number of rotatable bonds is 4. The first-order chi connectivity index (χ1) is 11.7. The van der Waals surface area contributed by atoms with E-state index in [9.17, 15) is 9.59 Å². The number of hydrogen-bond acceptors (Lipinski definition) is 4. The minimum absolute atomic E-state index is 0.0186. The Morgan fingerprint density at radius 2 is 1.71 bits per heavy atom. The summed E-state index contributed by atoms with van der Waals surface area (Å²) in [6.07, 6.45) is 3.28. The van der Waals surface area contributed by atoms with E-state index in [1.165, 1.54) is 12.4 Å². The molecule has 0 aliphatic rings. The second-order valence-electron chi connectivity index (χ2n) is 5.26. The fraction of sp³-hybridized carbons (Fsp3) is 0.0526. The highest BCUT2D eigenvalue weighted by Crippen LogP contribution is 2.28. The molecule has 24 heavy (non-hydrogen) atoms. The highest BCUT2D eigenvalue weighted by Gasteiger charge is 2.12. The zero-order valence-corrected chi connectivity index (χ0v) is 13.1. The Hall–Kier alpha value is -3.34. The summed E-state index contributed by atoms with van der Waals surface area (Å²) in [4.78, 5) is 30.7. The first kappa shape index (κ1) is 15.6. The van der Waals surface area contributed by atoms with Crippen LogP contribution in [0.1, 0.15) is 26.5 Å². The zero-order chi connectivity index (χ0) is 16.9. The van der Waals surface area contributed by atoms with Gasteiger partial charge >= 0.3 is 0 Å². The van der Waals surface area contributed by atoms with Crippen molar-refractivity contribution in [1.82, 2.24) is 9.97 Å². The number of aldehydes is 1. The predicted octanol–water partition coefficient (Wildman–Crippen LogP) is 3.52. The molecule has 0 spiro atoms. The zero-order valence-electron chi connectivity index (χ0n) is 13.1. The van der Waals surface area contributed by atoms with Gasteiger partial charge in [0.05, 0.1) is 5.56 Å². The van der Waals surface area contributed by atoms with Crippen LogP contribution in [0.4, 0.5) is 5.69 Å². The SMILES string of the molecule is Cc1c(NC(=O)c2ncc(C=O)cn2)cccc1-c1ccccc1. The van der Waals surface area contributed by atoms with E-state index in [1.807, 2.05) is 55.5 Å². The van der Waals surface area contributed by atoms with E-state index < -0.39 is 5.91 Å². The summed E-state index contributed by atoms with van der Waals surface area (Å²) in [7, 11) is 0. The van der Waals surface area contributed by atoms with Gasteiger partial charge in [-0.05, 0) is 29.7 Å². The number of amides is 1. The van der Waals surface area contributed by atoms with Crippen LogP contribution in [0.2, 0.25) is 0 Å². The molecule has 1 N–H and O–H groups in total. The maximum Gasteiger partial charge on any atom is 0.293 e. The molecular weight excluding hydrogens is 302 g/mol. The van der Waals surface area contributed by atoms with Crippen molar-refractivity contribution in [2.45, 2.75) is 6.92 Å². The van der Waals surface area contributed by atoms with E-state index in [0.717, 1.165) is 16.7 Å². The van der Waals surface area contributed by atoms with Gasteiger partial charge in [-0.15, -0.1) is 0 Å². The van der Waals surface area contributed by atoms with Gasteiger partial charge in [0, 0.05) is 18.1 Å². The van der Waals surface area contributed by atoms with Crippen LogP contribution in [0.25, 0.3) is 11.1 Å². The molecule has 1 heterocycles. The third kappa shape index (κ3) is 3.20. The summed E-state index contributed by atoms with van der Waals surface area (Å²) in [5.74, 6) is -0.397. The molecule has 0 fully saturated rings. The average Bonchev–Trinajstić information content (AvgIpc) is 2.64. The van der Waals surface area contributed by atoms with Gasteiger partial charge in [-0.2, -0.15) is 0 Å². The maximum absolute atomic E-state index is 12.3. The van der Waals surface area contributed by atoms with Crippen LogP contribution in [-0.2, 0) is 0 Å². The Morgan fingerprint density at radius 1 is 1.00 bits per heavy atom. The maximum atomic E-state index is 12.3. The Labute approximate surface area is 139 Å². The third-order valence-corrected chi connectivity index (χ3v) is 3.68. The Morgan fingerprint density at radius 3 is 2.38 bits per heavy atom. The van der Waals surface area contributed by atoms with Crippen LogP contribution in [-0.4, -0.2) is 22.2 Å². The summed E-state index contributed by atoms with van der Waals surface area (Å²) in [6.45, 7) is 1.95. The molecular formula is C19H15N3O2. The molecule has 3 rings (SSSR count). The number of anilines is 1. The van der Waals surface area contributed by atoms with Crippen LogP contribution >= 0.6 is 0 Å². The first-order valence-corrected chi connectivity index (χ1v) is 7.42. The summed E-state index contributed by atoms with van der Waals surface area (Å²) >= 11 is 0. The Kier molecular flexibility index (Phi) is 4.43. The van der Waals surface area contributed by atoms with Gasteiger partial charge in [0.15, 0.2) is 6.29 Å². The number of carbonyl (C=O) groups is 2. The molecule has 118 valence electrons. The van der Waals surface area contributed by atoms with E-state index in [0.29, 0.717) is 17.5 Å². The molecule has 0 aliphatic carbocycles. The molecule has 0 radical (unpaired) electrons. The normalized spacial score (nSPS) is 10.2. The topological polar surface area (TPSA) is 72.0 Å². The van der Waals surface area contributed by atoms with Gasteiger partial charge in [-0.1, -0.05) is 42.5 Å². The lowest BCUT2D eigenvalue weighted by molar-refractivity contribution is 0.101. The van der Waals surface area contributed by atoms with E-state index in [-0.39, 0.29) is 5.82 Å². The van der Waals surface area contributed by atoms with E-state index in [4.69, 9.17) is 0 Å². The highest BCUT2D eigenvalue weighted by molar-refractivity contribution is 6.02. The molecule has 0 saturated heterocycles. The second-order valence-corrected chi connectivity index (χ2v) is 5.26. The van der Waals surface area contributed by atoms with Gasteiger partial charge in [-0.25, -0.2) is 9.97 Å². The summed E-state index contributed by atoms with van der Waals surface area (Å²) in [6, 6.07) is 15.7. The van der Waals surface area contributed by atoms with Crippen molar-refractivity contribution < 1.29 is 9.59 Å². The van der Waals surface area contributed by atoms with Crippen molar-refractivity contribution in [3.05, 3.63) is 77.9 Å². The number of carbonyl (C=O) groups excluding carboxylic acids is 2. The summed E-state index contributed by atoms with van der Waals surface area (Å²) in [5.41, 5.74) is 4.11. The lowest BCUT2D eigenvalue weighted by Crippen LogP contribution is -2.16. The van der Waals surface area contributed by atoms with Crippen molar-refractivity contribution >= 4 is 17.9 Å². The molecule has 5 nitrogen and oxygen atoms in total. The molecule has 1 aromatic heterocycles. The Balaban J connectivity index is 1.87. The molecule has 0 bridgehead atoms. The third-order valence-electron chi connectivity index (χ3n) is 3.68. The molecule has 0 atom stereocenters. The molecule has 2 aromatic carbocycles. The van der Waals surface area contributed by atoms with Crippen LogP contribution in [0.5, 0.6) is 0 Å². The predicted molar refractivity (Wildman–Crippen MR) is 92.0 cm³/mol. The molecule has 0 aliphatic heterocycles. The van der Waals surface area contributed by atoms with Gasteiger partial charge < -0.3 is 5.32 Å². The van der Waals surface area contributed by atoms with Gasteiger partial charge in [0.25, 0.3) is 5.91 Å². The summed E-state index contributed by atoms with van der Waals surface area (Å²) in [5, 5.41) is 2.82. The molecule has 0 unspecified atom stereocenters. The van der Waals surface area contributed by atoms with Crippen LogP contribution < -0.4 is 5.32 Å². The van der Waals surface area contributed by atoms with Crippen molar-refractivity contribution in [3.8, 4) is 11.1 Å². The number of nitrogens with one attached hydrogen (secondary N) is 1. The molecule has 0 saturated carbocycles. The largest absolute Gasteiger partial charge is 0.319 e. The summed E-state index contributed by atoms with van der Waals surface area (Å²) < 4.78 is 0. The van der Waals surface area contributed by atoms with Crippen LogP contribution in [0, 0.1) is 6.92 Å². The number of hydrogen-bond donors (Lipinski definition) is 1. The quantitative estimate of drug-likeness (QED) is 0.747. The van der Waals surface area contributed by atoms with E-state index >= 15 is 0 Å². The van der Waals surface area contributed by atoms with E-state index in [1.54, 1.807) is 0 Å². The monoisotopic (exact) mass is 317 g/mol. The first-order valence-electron chi connectivity index (χ1n) is 7.42. The minimum Gasteiger partial charge on any atom is -0.319 e. The van der Waals surface area contributed by atoms with Crippen molar-refractivity contribution in [1.29, 1.82) is 0 Å². The van der Waals surface area contributed by atoms with Gasteiger partial charge in [-0.3, -0.25) is 9.59 Å². The highest BCUT2D eigenvalue weighted by atomic mass is 16.2. The van der Waals surface area contributed by atoms with Crippen LogP contribution in [0.15, 0.2) is 60.9 Å². The molecule has 1 amide bonds. The van der Waals surface area contributed by atoms with Crippen molar-refractivity contribution in [2.24, 2.45) is 0 Å². The van der Waals surface area contributed by atoms with Crippen molar-refractivity contribution in [2.75, 3.05) is 5.32 Å². The van der Waals surface area contributed by atoms with Gasteiger partial charge in [0.1, 0.15) is 0 Å². The number of benzene rings is 2. The molecule has 5 heteroatoms. The second kappa shape index (κ2) is 6.83. The Bertz CT molecular complexity index is 875. The fourth-order valence-electron chi connectivity index (χ4n) is 2.40. The lowest BCUT2D eigenvalue weighted by atomic mass is 9.99. The standard InChI is InChI=1S/C19H15N3O2/c1-13-16(15-6-3-2-4-7-15)8-5-9-17(13)22-19(24)18-20-10-14(12-23)11-21-18/h2-12H,1H3,(H,22,24). The molecule has 3 aromatic rings. The lowest BCUT2D eigenvalue weighted by Gasteiger charge is -2.12.